The molecule has 0 bridgehead atoms. The molecule has 1 N–H and O–H groups in total. The number of halogens is 1. The lowest BCUT2D eigenvalue weighted by Gasteiger charge is -2.14. The van der Waals surface area contributed by atoms with Gasteiger partial charge in [-0.2, -0.15) is 0 Å². The number of hydrogen-bond acceptors (Lipinski definition) is 4. The van der Waals surface area contributed by atoms with Crippen LogP contribution >= 0.6 is 15.9 Å². The molecular formula is C14H24BrN3O. The first-order valence-electron chi connectivity index (χ1n) is 6.94. The van der Waals surface area contributed by atoms with Gasteiger partial charge in [-0.3, -0.25) is 0 Å². The maximum atomic E-state index is 5.29. The van der Waals surface area contributed by atoms with Crippen LogP contribution in [0.25, 0.3) is 0 Å². The number of ether oxygens (including phenoxy) is 1. The molecule has 108 valence electrons. The molecular weight excluding hydrogens is 306 g/mol. The van der Waals surface area contributed by atoms with Gasteiger partial charge in [-0.05, 0) is 35.7 Å². The van der Waals surface area contributed by atoms with Crippen LogP contribution in [0.3, 0.4) is 0 Å². The predicted molar refractivity (Wildman–Crippen MR) is 82.7 cm³/mol. The van der Waals surface area contributed by atoms with Crippen LogP contribution in [0, 0.1) is 0 Å². The van der Waals surface area contributed by atoms with Crippen LogP contribution < -0.4 is 5.32 Å². The normalized spacial score (nSPS) is 12.5. The molecule has 0 saturated carbocycles. The molecule has 5 heteroatoms. The lowest BCUT2D eigenvalue weighted by atomic mass is 10.2. The van der Waals surface area contributed by atoms with Gasteiger partial charge < -0.3 is 10.1 Å². The number of hydrogen-bond donors (Lipinski definition) is 1. The van der Waals surface area contributed by atoms with Crippen molar-refractivity contribution in [3.63, 3.8) is 0 Å². The maximum absolute atomic E-state index is 5.29. The van der Waals surface area contributed by atoms with Crippen molar-refractivity contribution < 1.29 is 4.74 Å². The van der Waals surface area contributed by atoms with Crippen LogP contribution in [0.15, 0.2) is 4.47 Å². The minimum Gasteiger partial charge on any atom is -0.381 e. The summed E-state index contributed by atoms with van der Waals surface area (Å²) in [5.41, 5.74) is 1.08. The zero-order chi connectivity index (χ0) is 14.3. The first-order chi connectivity index (χ1) is 9.12. The van der Waals surface area contributed by atoms with Gasteiger partial charge >= 0.3 is 0 Å². The van der Waals surface area contributed by atoms with Crippen LogP contribution in [0.2, 0.25) is 0 Å². The van der Waals surface area contributed by atoms with E-state index in [0.29, 0.717) is 0 Å². The Kier molecular flexibility index (Phi) is 7.31. The molecule has 19 heavy (non-hydrogen) atoms. The maximum Gasteiger partial charge on any atom is 0.144 e. The van der Waals surface area contributed by atoms with Crippen molar-refractivity contribution >= 4 is 21.7 Å². The Bertz CT molecular complexity index is 399. The average Bonchev–Trinajstić information content (AvgIpc) is 2.40. The average molecular weight is 330 g/mol. The van der Waals surface area contributed by atoms with E-state index >= 15 is 0 Å². The second-order valence-corrected chi connectivity index (χ2v) is 5.47. The van der Waals surface area contributed by atoms with E-state index in [2.05, 4.69) is 45.1 Å². The fourth-order valence-electron chi connectivity index (χ4n) is 1.74. The number of aryl methyl sites for hydroxylation is 1. The Morgan fingerprint density at radius 2 is 2.00 bits per heavy atom. The molecule has 0 aliphatic carbocycles. The van der Waals surface area contributed by atoms with Gasteiger partial charge in [-0.1, -0.05) is 20.3 Å². The van der Waals surface area contributed by atoms with Gasteiger partial charge in [-0.15, -0.1) is 0 Å². The van der Waals surface area contributed by atoms with Crippen molar-refractivity contribution in [2.24, 2.45) is 0 Å². The molecule has 0 amide bonds. The third-order valence-electron chi connectivity index (χ3n) is 2.87. The number of aromatic nitrogens is 2. The van der Waals surface area contributed by atoms with Gasteiger partial charge in [0.15, 0.2) is 0 Å². The summed E-state index contributed by atoms with van der Waals surface area (Å²) < 4.78 is 6.29. The van der Waals surface area contributed by atoms with E-state index in [1.54, 1.807) is 7.11 Å². The Morgan fingerprint density at radius 1 is 1.26 bits per heavy atom. The summed E-state index contributed by atoms with van der Waals surface area (Å²) in [7, 11) is 1.72. The van der Waals surface area contributed by atoms with Crippen molar-refractivity contribution in [1.82, 2.24) is 9.97 Å². The molecule has 1 aromatic heterocycles. The minimum atomic E-state index is 0.134. The van der Waals surface area contributed by atoms with E-state index in [1.165, 1.54) is 0 Å². The van der Waals surface area contributed by atoms with Crippen LogP contribution in [0.1, 0.15) is 45.1 Å². The Balaban J connectivity index is 3.00. The highest BCUT2D eigenvalue weighted by atomic mass is 79.9. The number of nitrogens with zero attached hydrogens (tertiary/aromatic N) is 2. The molecule has 0 radical (unpaired) electrons. The number of anilines is 1. The molecule has 0 aliphatic rings. The van der Waals surface area contributed by atoms with Crippen LogP contribution in [0.4, 0.5) is 5.82 Å². The standard InChI is InChI=1S/C14H24BrN3O/c1-5-7-11-13(15)14(16-8-6-2)18-12(17-11)9-10(3)19-4/h10H,5-9H2,1-4H3,(H,16,17,18). The summed E-state index contributed by atoms with van der Waals surface area (Å²) in [5.74, 6) is 1.75. The van der Waals surface area contributed by atoms with E-state index in [1.807, 2.05) is 6.92 Å². The van der Waals surface area contributed by atoms with Crippen molar-refractivity contribution in [2.45, 2.75) is 52.6 Å². The second kappa shape index (κ2) is 8.48. The summed E-state index contributed by atoms with van der Waals surface area (Å²) in [5, 5.41) is 3.35. The highest BCUT2D eigenvalue weighted by Crippen LogP contribution is 2.25. The summed E-state index contributed by atoms with van der Waals surface area (Å²) in [6, 6.07) is 0. The van der Waals surface area contributed by atoms with Crippen molar-refractivity contribution in [3.8, 4) is 0 Å². The van der Waals surface area contributed by atoms with Crippen LogP contribution in [-0.2, 0) is 17.6 Å². The molecule has 1 rings (SSSR count). The zero-order valence-corrected chi connectivity index (χ0v) is 13.9. The van der Waals surface area contributed by atoms with Gasteiger partial charge in [-0.25, -0.2) is 9.97 Å². The summed E-state index contributed by atoms with van der Waals surface area (Å²) in [6.45, 7) is 7.25. The Morgan fingerprint density at radius 3 is 2.58 bits per heavy atom. The number of methoxy groups -OCH3 is 1. The molecule has 0 fully saturated rings. The quantitative estimate of drug-likeness (QED) is 0.791. The zero-order valence-electron chi connectivity index (χ0n) is 12.3. The van der Waals surface area contributed by atoms with Crippen molar-refractivity contribution in [3.05, 3.63) is 16.0 Å². The highest BCUT2D eigenvalue weighted by Gasteiger charge is 2.13. The van der Waals surface area contributed by atoms with Gasteiger partial charge in [0.2, 0.25) is 0 Å². The van der Waals surface area contributed by atoms with E-state index in [9.17, 15) is 0 Å². The second-order valence-electron chi connectivity index (χ2n) is 4.68. The lowest BCUT2D eigenvalue weighted by Crippen LogP contribution is -2.15. The van der Waals surface area contributed by atoms with E-state index in [-0.39, 0.29) is 6.10 Å². The number of nitrogens with one attached hydrogen (secondary N) is 1. The van der Waals surface area contributed by atoms with Crippen molar-refractivity contribution in [2.75, 3.05) is 19.0 Å². The van der Waals surface area contributed by atoms with E-state index in [4.69, 9.17) is 4.74 Å². The first kappa shape index (κ1) is 16.4. The van der Waals surface area contributed by atoms with E-state index in [0.717, 1.165) is 54.0 Å². The molecule has 1 aromatic rings. The van der Waals surface area contributed by atoms with Gasteiger partial charge in [0, 0.05) is 20.1 Å². The monoisotopic (exact) mass is 329 g/mol. The van der Waals surface area contributed by atoms with Gasteiger partial charge in [0.1, 0.15) is 11.6 Å². The summed E-state index contributed by atoms with van der Waals surface area (Å²) in [6.07, 6.45) is 3.97. The van der Waals surface area contributed by atoms with Crippen molar-refractivity contribution in [1.29, 1.82) is 0 Å². The van der Waals surface area contributed by atoms with Crippen LogP contribution in [-0.4, -0.2) is 29.7 Å². The fourth-order valence-corrected chi connectivity index (χ4v) is 2.26. The minimum absolute atomic E-state index is 0.134. The lowest BCUT2D eigenvalue weighted by molar-refractivity contribution is 0.117. The van der Waals surface area contributed by atoms with Crippen LogP contribution in [0.5, 0.6) is 0 Å². The van der Waals surface area contributed by atoms with Gasteiger partial charge in [0.25, 0.3) is 0 Å². The first-order valence-corrected chi connectivity index (χ1v) is 7.73. The Hall–Kier alpha value is -0.680. The number of rotatable bonds is 8. The SMILES string of the molecule is CCCNc1nc(CC(C)OC)nc(CCC)c1Br. The topological polar surface area (TPSA) is 47.0 Å². The fraction of sp³-hybridized carbons (Fsp3) is 0.714. The van der Waals surface area contributed by atoms with E-state index < -0.39 is 0 Å². The largest absolute Gasteiger partial charge is 0.381 e. The predicted octanol–water partition coefficient (Wildman–Crippen LogP) is 3.59. The summed E-state index contributed by atoms with van der Waals surface area (Å²) in [4.78, 5) is 9.23. The highest BCUT2D eigenvalue weighted by molar-refractivity contribution is 9.10. The molecule has 4 nitrogen and oxygen atoms in total. The smallest absolute Gasteiger partial charge is 0.144 e. The molecule has 1 unspecified atom stereocenters. The molecule has 0 spiro atoms. The molecule has 0 aromatic carbocycles. The third kappa shape index (κ3) is 5.07. The summed E-state index contributed by atoms with van der Waals surface area (Å²) >= 11 is 3.61. The Labute approximate surface area is 124 Å². The van der Waals surface area contributed by atoms with Gasteiger partial charge in [0.05, 0.1) is 16.3 Å². The molecule has 0 aliphatic heterocycles. The molecule has 0 saturated heterocycles. The third-order valence-corrected chi connectivity index (χ3v) is 3.70. The molecule has 1 atom stereocenters. The molecule has 1 heterocycles.